The van der Waals surface area contributed by atoms with Crippen LogP contribution in [0, 0.1) is 6.92 Å². The molecule has 1 unspecified atom stereocenters. The lowest BCUT2D eigenvalue weighted by atomic mass is 10.3. The van der Waals surface area contributed by atoms with Crippen molar-refractivity contribution >= 4 is 11.3 Å². The lowest BCUT2D eigenvalue weighted by Crippen LogP contribution is -2.17. The average Bonchev–Trinajstić information content (AvgIpc) is 2.85. The maximum atomic E-state index is 5.77. The van der Waals surface area contributed by atoms with Crippen molar-refractivity contribution in [1.82, 2.24) is 15.1 Å². The molecule has 0 fully saturated rings. The lowest BCUT2D eigenvalue weighted by Gasteiger charge is -2.02. The number of aryl methyl sites for hydroxylation is 1. The predicted octanol–water partition coefficient (Wildman–Crippen LogP) is 1.15. The Morgan fingerprint density at radius 1 is 1.56 bits per heavy atom. The number of methoxy groups -OCH3 is 1. The molecule has 2 N–H and O–H groups in total. The number of thiazole rings is 1. The van der Waals surface area contributed by atoms with E-state index in [2.05, 4.69) is 15.1 Å². The van der Waals surface area contributed by atoms with Crippen LogP contribution in [0.15, 0.2) is 9.90 Å². The van der Waals surface area contributed by atoms with E-state index in [1.807, 2.05) is 12.3 Å². The van der Waals surface area contributed by atoms with Crippen molar-refractivity contribution in [2.24, 2.45) is 5.73 Å². The maximum Gasteiger partial charge on any atom is 0.277 e. The molecule has 0 aliphatic carbocycles. The molecular formula is C9H12N4O2S. The van der Waals surface area contributed by atoms with Crippen LogP contribution in [-0.2, 0) is 4.74 Å². The highest BCUT2D eigenvalue weighted by atomic mass is 32.1. The van der Waals surface area contributed by atoms with Crippen LogP contribution in [0.25, 0.3) is 11.6 Å². The summed E-state index contributed by atoms with van der Waals surface area (Å²) in [5.41, 5.74) is 6.46. The standard InChI is InChI=1S/C9H12N4O2S/c1-5-11-7(4-16-5)9-12-8(13-15-9)6(10)3-14-2/h4,6H,3,10H2,1-2H3. The summed E-state index contributed by atoms with van der Waals surface area (Å²) >= 11 is 1.53. The van der Waals surface area contributed by atoms with Crippen LogP contribution in [0.4, 0.5) is 0 Å². The zero-order valence-corrected chi connectivity index (χ0v) is 9.82. The topological polar surface area (TPSA) is 87.1 Å². The summed E-state index contributed by atoms with van der Waals surface area (Å²) in [6.07, 6.45) is 0. The van der Waals surface area contributed by atoms with Gasteiger partial charge in [0.15, 0.2) is 5.82 Å². The van der Waals surface area contributed by atoms with Gasteiger partial charge in [-0.15, -0.1) is 11.3 Å². The molecule has 2 rings (SSSR count). The fourth-order valence-electron chi connectivity index (χ4n) is 1.21. The fourth-order valence-corrected chi connectivity index (χ4v) is 1.79. The minimum atomic E-state index is -0.373. The Morgan fingerprint density at radius 2 is 2.38 bits per heavy atom. The van der Waals surface area contributed by atoms with Gasteiger partial charge in [0, 0.05) is 12.5 Å². The van der Waals surface area contributed by atoms with Crippen LogP contribution < -0.4 is 5.73 Å². The summed E-state index contributed by atoms with van der Waals surface area (Å²) in [5.74, 6) is 0.827. The number of hydrogen-bond donors (Lipinski definition) is 1. The third kappa shape index (κ3) is 2.26. The summed E-state index contributed by atoms with van der Waals surface area (Å²) < 4.78 is 10.00. The Hall–Kier alpha value is -1.31. The van der Waals surface area contributed by atoms with Gasteiger partial charge in [0.05, 0.1) is 17.7 Å². The van der Waals surface area contributed by atoms with Gasteiger partial charge in [-0.25, -0.2) is 4.98 Å². The molecule has 0 aromatic carbocycles. The van der Waals surface area contributed by atoms with Gasteiger partial charge in [0.1, 0.15) is 5.69 Å². The van der Waals surface area contributed by atoms with Gasteiger partial charge in [-0.2, -0.15) is 4.98 Å². The van der Waals surface area contributed by atoms with E-state index in [1.165, 1.54) is 11.3 Å². The monoisotopic (exact) mass is 240 g/mol. The molecule has 0 amide bonds. The van der Waals surface area contributed by atoms with Gasteiger partial charge in [0.2, 0.25) is 0 Å². The molecule has 1 atom stereocenters. The predicted molar refractivity (Wildman–Crippen MR) is 58.9 cm³/mol. The first-order chi connectivity index (χ1) is 7.70. The average molecular weight is 240 g/mol. The quantitative estimate of drug-likeness (QED) is 0.862. The summed E-state index contributed by atoms with van der Waals surface area (Å²) in [4.78, 5) is 8.42. The van der Waals surface area contributed by atoms with E-state index in [0.717, 1.165) is 5.01 Å². The number of nitrogens with two attached hydrogens (primary N) is 1. The summed E-state index contributed by atoms with van der Waals surface area (Å²) in [7, 11) is 1.57. The second kappa shape index (κ2) is 4.69. The molecule has 0 aliphatic heterocycles. The molecule has 86 valence electrons. The Bertz CT molecular complexity index is 468. The highest BCUT2D eigenvalue weighted by Crippen LogP contribution is 2.20. The smallest absolute Gasteiger partial charge is 0.277 e. The van der Waals surface area contributed by atoms with Crippen molar-refractivity contribution in [3.05, 3.63) is 16.2 Å². The molecule has 0 saturated carbocycles. The van der Waals surface area contributed by atoms with Crippen molar-refractivity contribution in [2.45, 2.75) is 13.0 Å². The minimum absolute atomic E-state index is 0.356. The second-order valence-electron chi connectivity index (χ2n) is 3.27. The number of rotatable bonds is 4. The van der Waals surface area contributed by atoms with Crippen molar-refractivity contribution in [3.8, 4) is 11.6 Å². The van der Waals surface area contributed by atoms with Crippen molar-refractivity contribution in [3.63, 3.8) is 0 Å². The second-order valence-corrected chi connectivity index (χ2v) is 4.33. The van der Waals surface area contributed by atoms with E-state index in [9.17, 15) is 0 Å². The molecule has 2 aromatic heterocycles. The van der Waals surface area contributed by atoms with E-state index in [-0.39, 0.29) is 6.04 Å². The maximum absolute atomic E-state index is 5.77. The van der Waals surface area contributed by atoms with Gasteiger partial charge >= 0.3 is 0 Å². The molecule has 16 heavy (non-hydrogen) atoms. The van der Waals surface area contributed by atoms with E-state index in [1.54, 1.807) is 7.11 Å². The van der Waals surface area contributed by atoms with E-state index >= 15 is 0 Å². The van der Waals surface area contributed by atoms with Crippen LogP contribution in [0.3, 0.4) is 0 Å². The highest BCUT2D eigenvalue weighted by Gasteiger charge is 2.16. The molecular weight excluding hydrogens is 228 g/mol. The first kappa shape index (κ1) is 11.2. The summed E-state index contributed by atoms with van der Waals surface area (Å²) in [6, 6.07) is -0.373. The Morgan fingerprint density at radius 3 is 3.00 bits per heavy atom. The number of hydrogen-bond acceptors (Lipinski definition) is 7. The third-order valence-electron chi connectivity index (χ3n) is 1.96. The molecule has 6 nitrogen and oxygen atoms in total. The number of nitrogens with zero attached hydrogens (tertiary/aromatic N) is 3. The molecule has 0 aliphatic rings. The van der Waals surface area contributed by atoms with E-state index < -0.39 is 0 Å². The van der Waals surface area contributed by atoms with Gasteiger partial charge in [-0.3, -0.25) is 0 Å². The molecule has 2 aromatic rings. The van der Waals surface area contributed by atoms with Crippen molar-refractivity contribution < 1.29 is 9.26 Å². The largest absolute Gasteiger partial charge is 0.383 e. The molecule has 0 spiro atoms. The number of aromatic nitrogens is 3. The summed E-state index contributed by atoms with van der Waals surface area (Å²) in [5, 5.41) is 6.62. The summed E-state index contributed by atoms with van der Waals surface area (Å²) in [6.45, 7) is 2.27. The molecule has 0 radical (unpaired) electrons. The Balaban J connectivity index is 2.19. The molecule has 7 heteroatoms. The fraction of sp³-hybridized carbons (Fsp3) is 0.444. The zero-order chi connectivity index (χ0) is 11.5. The molecule has 0 saturated heterocycles. The zero-order valence-electron chi connectivity index (χ0n) is 9.01. The van der Waals surface area contributed by atoms with Crippen molar-refractivity contribution in [2.75, 3.05) is 13.7 Å². The SMILES string of the molecule is COCC(N)c1noc(-c2csc(C)n2)n1. The Labute approximate surface area is 96.4 Å². The molecule has 0 bridgehead atoms. The van der Waals surface area contributed by atoms with E-state index in [4.69, 9.17) is 15.0 Å². The van der Waals surface area contributed by atoms with E-state index in [0.29, 0.717) is 24.0 Å². The molecule has 2 heterocycles. The van der Waals surface area contributed by atoms with Crippen LogP contribution in [-0.4, -0.2) is 28.8 Å². The van der Waals surface area contributed by atoms with Gasteiger partial charge < -0.3 is 15.0 Å². The van der Waals surface area contributed by atoms with Crippen LogP contribution in [0.1, 0.15) is 16.9 Å². The minimum Gasteiger partial charge on any atom is -0.383 e. The van der Waals surface area contributed by atoms with Crippen LogP contribution in [0.5, 0.6) is 0 Å². The third-order valence-corrected chi connectivity index (χ3v) is 2.73. The van der Waals surface area contributed by atoms with Gasteiger partial charge in [0.25, 0.3) is 5.89 Å². The highest BCUT2D eigenvalue weighted by molar-refractivity contribution is 7.09. The normalized spacial score (nSPS) is 12.9. The van der Waals surface area contributed by atoms with Crippen molar-refractivity contribution in [1.29, 1.82) is 0 Å². The first-order valence-corrected chi connectivity index (χ1v) is 5.59. The number of ether oxygens (including phenoxy) is 1. The lowest BCUT2D eigenvalue weighted by molar-refractivity contribution is 0.177. The van der Waals surface area contributed by atoms with Gasteiger partial charge in [-0.05, 0) is 6.92 Å². The van der Waals surface area contributed by atoms with Gasteiger partial charge in [-0.1, -0.05) is 5.16 Å². The van der Waals surface area contributed by atoms with Crippen LogP contribution in [0.2, 0.25) is 0 Å². The Kier molecular flexibility index (Phi) is 3.28. The first-order valence-electron chi connectivity index (χ1n) is 4.71. The van der Waals surface area contributed by atoms with Crippen LogP contribution >= 0.6 is 11.3 Å².